The number of rotatable bonds is 35. The standard InChI is InChI=1S/C43H76NO11P/c1-3-5-7-8-9-10-11-12-13-14-15-16-17-18-19-20-22-27-42(48)52-34-37(35-54-56(50,51)53-32-31-44)55-43(49)28-24-23-26-38-39(41(47)33-40(38)46)30-29-36(45)25-21-6-4-2/h9-10,12-13,23-24,29-30,36-41,45-47H,3-8,11,14-22,25-28,31-35,44H2,1-2H3,(H,50,51)/b10-9-,13-12-,24-23-,30-29+/t36-,37-,38+,39-,40+,41-/m1/s1. The fourth-order valence-electron chi connectivity index (χ4n) is 6.52. The van der Waals surface area contributed by atoms with Crippen LogP contribution in [0.15, 0.2) is 48.6 Å². The van der Waals surface area contributed by atoms with E-state index in [1.165, 1.54) is 38.5 Å². The minimum atomic E-state index is -4.47. The summed E-state index contributed by atoms with van der Waals surface area (Å²) in [5.41, 5.74) is 5.34. The van der Waals surface area contributed by atoms with Crippen molar-refractivity contribution in [3.05, 3.63) is 48.6 Å². The van der Waals surface area contributed by atoms with E-state index in [1.54, 1.807) is 24.3 Å². The van der Waals surface area contributed by atoms with Gasteiger partial charge in [-0.25, -0.2) is 4.57 Å². The fraction of sp³-hybridized carbons (Fsp3) is 0.767. The zero-order chi connectivity index (χ0) is 41.3. The first-order chi connectivity index (χ1) is 27.0. The van der Waals surface area contributed by atoms with E-state index in [4.69, 9.17) is 24.3 Å². The highest BCUT2D eigenvalue weighted by atomic mass is 31.2. The maximum absolute atomic E-state index is 12.7. The van der Waals surface area contributed by atoms with Crippen LogP contribution in [0.3, 0.4) is 0 Å². The molecule has 12 nitrogen and oxygen atoms in total. The molecule has 0 heterocycles. The molecule has 1 saturated carbocycles. The Labute approximate surface area is 337 Å². The molecule has 324 valence electrons. The highest BCUT2D eigenvalue weighted by Gasteiger charge is 2.39. The van der Waals surface area contributed by atoms with E-state index in [-0.39, 0.29) is 50.9 Å². The summed E-state index contributed by atoms with van der Waals surface area (Å²) in [4.78, 5) is 35.1. The second-order valence-corrected chi connectivity index (χ2v) is 16.3. The topological polar surface area (TPSA) is 195 Å². The minimum absolute atomic E-state index is 0.000320. The number of hydrogen-bond acceptors (Lipinski definition) is 11. The van der Waals surface area contributed by atoms with E-state index in [0.717, 1.165) is 57.8 Å². The van der Waals surface area contributed by atoms with E-state index in [1.807, 2.05) is 0 Å². The Morgan fingerprint density at radius 2 is 1.43 bits per heavy atom. The van der Waals surface area contributed by atoms with Crippen molar-refractivity contribution in [2.75, 3.05) is 26.4 Å². The van der Waals surface area contributed by atoms with Gasteiger partial charge in [-0.15, -0.1) is 0 Å². The van der Waals surface area contributed by atoms with Gasteiger partial charge in [-0.05, 0) is 57.3 Å². The van der Waals surface area contributed by atoms with Crippen LogP contribution in [0.4, 0.5) is 0 Å². The van der Waals surface area contributed by atoms with Crippen molar-refractivity contribution in [1.82, 2.24) is 0 Å². The summed E-state index contributed by atoms with van der Waals surface area (Å²) in [7, 11) is -4.47. The summed E-state index contributed by atoms with van der Waals surface area (Å²) >= 11 is 0. The van der Waals surface area contributed by atoms with Crippen LogP contribution >= 0.6 is 7.82 Å². The molecule has 13 heteroatoms. The van der Waals surface area contributed by atoms with Crippen LogP contribution in [0.2, 0.25) is 0 Å². The molecule has 0 spiro atoms. The van der Waals surface area contributed by atoms with Gasteiger partial charge in [0.1, 0.15) is 6.61 Å². The maximum atomic E-state index is 12.7. The molecule has 0 bridgehead atoms. The number of esters is 2. The largest absolute Gasteiger partial charge is 0.472 e. The van der Waals surface area contributed by atoms with E-state index in [0.29, 0.717) is 19.3 Å². The Balaban J connectivity index is 2.46. The zero-order valence-electron chi connectivity index (χ0n) is 34.4. The molecule has 1 rings (SSSR count). The predicted octanol–water partition coefficient (Wildman–Crippen LogP) is 8.32. The molecule has 1 aliphatic carbocycles. The van der Waals surface area contributed by atoms with Crippen LogP contribution in [0.1, 0.15) is 149 Å². The van der Waals surface area contributed by atoms with Gasteiger partial charge in [0, 0.05) is 25.3 Å². The van der Waals surface area contributed by atoms with Gasteiger partial charge in [-0.2, -0.15) is 0 Å². The fourth-order valence-corrected chi connectivity index (χ4v) is 7.29. The normalized spacial score (nSPS) is 21.1. The molecule has 0 aromatic heterocycles. The van der Waals surface area contributed by atoms with Gasteiger partial charge in [0.2, 0.25) is 0 Å². The first-order valence-corrected chi connectivity index (χ1v) is 22.9. The lowest BCUT2D eigenvalue weighted by molar-refractivity contribution is -0.160. The smallest absolute Gasteiger partial charge is 0.462 e. The minimum Gasteiger partial charge on any atom is -0.462 e. The van der Waals surface area contributed by atoms with Gasteiger partial charge in [0.25, 0.3) is 0 Å². The number of aliphatic hydroxyl groups excluding tert-OH is 3. The Bertz CT molecular complexity index is 1180. The number of hydrogen-bond donors (Lipinski definition) is 5. The SMILES string of the molecule is CCCCC/C=C\C/C=C\CCCCCCCCCC(=O)OC[C@H](COP(=O)(O)OCCN)OC(=O)C/C=C\C[C@H]1[C@@H](/C=C/[C@H](O)CCCCC)[C@H](O)C[C@@H]1O. The first-order valence-electron chi connectivity index (χ1n) is 21.4. The molecule has 6 N–H and O–H groups in total. The van der Waals surface area contributed by atoms with Crippen LogP contribution in [-0.2, 0) is 32.7 Å². The molecule has 0 aromatic carbocycles. The quantitative estimate of drug-likeness (QED) is 0.0178. The molecular formula is C43H76NO11P. The number of carbonyl (C=O) groups is 2. The van der Waals surface area contributed by atoms with Gasteiger partial charge >= 0.3 is 19.8 Å². The molecule has 0 saturated heterocycles. The number of carbonyl (C=O) groups excluding carboxylic acids is 2. The summed E-state index contributed by atoms with van der Waals surface area (Å²) < 4.78 is 32.7. The van der Waals surface area contributed by atoms with Crippen molar-refractivity contribution >= 4 is 19.8 Å². The summed E-state index contributed by atoms with van der Waals surface area (Å²) in [5.74, 6) is -1.77. The second-order valence-electron chi connectivity index (χ2n) is 14.8. The number of ether oxygens (including phenoxy) is 2. The average Bonchev–Trinajstić information content (AvgIpc) is 3.44. The van der Waals surface area contributed by atoms with Gasteiger partial charge in [-0.1, -0.05) is 127 Å². The molecule has 1 fully saturated rings. The van der Waals surface area contributed by atoms with Crippen LogP contribution in [0.5, 0.6) is 0 Å². The van der Waals surface area contributed by atoms with Gasteiger partial charge in [0.05, 0.1) is 37.9 Å². The van der Waals surface area contributed by atoms with Crippen LogP contribution < -0.4 is 5.73 Å². The predicted molar refractivity (Wildman–Crippen MR) is 221 cm³/mol. The number of unbranched alkanes of at least 4 members (excludes halogenated alkanes) is 12. The molecule has 1 unspecified atom stereocenters. The molecular weight excluding hydrogens is 737 g/mol. The third-order valence-corrected chi connectivity index (χ3v) is 10.8. The molecule has 7 atom stereocenters. The van der Waals surface area contributed by atoms with Crippen molar-refractivity contribution in [2.24, 2.45) is 17.6 Å². The summed E-state index contributed by atoms with van der Waals surface area (Å²) in [6.45, 7) is 3.20. The molecule has 0 aliphatic heterocycles. The lowest BCUT2D eigenvalue weighted by Crippen LogP contribution is -2.29. The summed E-state index contributed by atoms with van der Waals surface area (Å²) in [6, 6.07) is 0. The van der Waals surface area contributed by atoms with E-state index >= 15 is 0 Å². The highest BCUT2D eigenvalue weighted by Crippen LogP contribution is 2.43. The number of aliphatic hydroxyl groups is 3. The third-order valence-electron chi connectivity index (χ3n) is 9.79. The number of phosphoric acid groups is 1. The van der Waals surface area contributed by atoms with E-state index in [2.05, 4.69) is 38.2 Å². The lowest BCUT2D eigenvalue weighted by atomic mass is 9.89. The Hall–Kier alpha value is -2.15. The highest BCUT2D eigenvalue weighted by molar-refractivity contribution is 7.47. The van der Waals surface area contributed by atoms with Crippen LogP contribution in [0, 0.1) is 11.8 Å². The van der Waals surface area contributed by atoms with Gasteiger partial charge in [-0.3, -0.25) is 18.6 Å². The van der Waals surface area contributed by atoms with Crippen molar-refractivity contribution in [3.8, 4) is 0 Å². The van der Waals surface area contributed by atoms with E-state index in [9.17, 15) is 34.4 Å². The van der Waals surface area contributed by atoms with Gasteiger partial charge < -0.3 is 35.4 Å². The van der Waals surface area contributed by atoms with Crippen molar-refractivity contribution < 1.29 is 52.9 Å². The summed E-state index contributed by atoms with van der Waals surface area (Å²) in [5, 5.41) is 31.3. The first kappa shape index (κ1) is 51.9. The molecule has 0 radical (unpaired) electrons. The Morgan fingerprint density at radius 3 is 2.11 bits per heavy atom. The van der Waals surface area contributed by atoms with Crippen molar-refractivity contribution in [3.63, 3.8) is 0 Å². The molecule has 0 amide bonds. The van der Waals surface area contributed by atoms with Gasteiger partial charge in [0.15, 0.2) is 6.10 Å². The number of phosphoric ester groups is 1. The van der Waals surface area contributed by atoms with Crippen molar-refractivity contribution in [2.45, 2.75) is 173 Å². The number of allylic oxidation sites excluding steroid dienone is 5. The average molecular weight is 814 g/mol. The molecule has 1 aliphatic rings. The summed E-state index contributed by atoms with van der Waals surface area (Å²) in [6.07, 6.45) is 31.2. The third kappa shape index (κ3) is 27.5. The molecule has 0 aromatic rings. The van der Waals surface area contributed by atoms with Crippen LogP contribution in [0.25, 0.3) is 0 Å². The van der Waals surface area contributed by atoms with Crippen molar-refractivity contribution in [1.29, 1.82) is 0 Å². The van der Waals surface area contributed by atoms with E-state index < -0.39 is 50.8 Å². The monoisotopic (exact) mass is 814 g/mol. The maximum Gasteiger partial charge on any atom is 0.472 e. The number of nitrogens with two attached hydrogens (primary N) is 1. The lowest BCUT2D eigenvalue weighted by Gasteiger charge is -2.20. The van der Waals surface area contributed by atoms with Crippen LogP contribution in [-0.4, -0.2) is 82.9 Å². The molecule has 56 heavy (non-hydrogen) atoms. The Morgan fingerprint density at radius 1 is 0.786 bits per heavy atom. The second kappa shape index (κ2) is 33.8. The zero-order valence-corrected chi connectivity index (χ0v) is 35.3. The Kier molecular flexibility index (Phi) is 31.3.